The van der Waals surface area contributed by atoms with Crippen LogP contribution in [0.4, 0.5) is 0 Å². The van der Waals surface area contributed by atoms with Gasteiger partial charge in [-0.05, 0) is 29.8 Å². The van der Waals surface area contributed by atoms with E-state index < -0.39 is 0 Å². The van der Waals surface area contributed by atoms with Crippen LogP contribution < -0.4 is 10.1 Å². The van der Waals surface area contributed by atoms with E-state index in [-0.39, 0.29) is 12.5 Å². The van der Waals surface area contributed by atoms with Gasteiger partial charge < -0.3 is 14.5 Å². The highest BCUT2D eigenvalue weighted by molar-refractivity contribution is 7.17. The Morgan fingerprint density at radius 1 is 1.13 bits per heavy atom. The van der Waals surface area contributed by atoms with E-state index in [1.54, 1.807) is 24.5 Å². The van der Waals surface area contributed by atoms with Crippen LogP contribution in [0.5, 0.6) is 5.75 Å². The summed E-state index contributed by atoms with van der Waals surface area (Å²) in [5, 5.41) is 12.2. The number of rotatable bonds is 7. The van der Waals surface area contributed by atoms with Gasteiger partial charge in [-0.15, -0.1) is 11.3 Å². The van der Waals surface area contributed by atoms with Crippen molar-refractivity contribution in [1.29, 1.82) is 5.26 Å². The molecule has 30 heavy (non-hydrogen) atoms. The number of carbonyl (C=O) groups is 1. The molecule has 148 valence electrons. The van der Waals surface area contributed by atoms with E-state index in [4.69, 9.17) is 14.4 Å². The number of nitrogens with zero attached hydrogens (tertiary/aromatic N) is 2. The molecule has 4 rings (SSSR count). The molecule has 2 aromatic carbocycles. The Kier molecular flexibility index (Phi) is 5.88. The van der Waals surface area contributed by atoms with Crippen molar-refractivity contribution in [3.05, 3.63) is 83.4 Å². The molecule has 0 saturated heterocycles. The van der Waals surface area contributed by atoms with Crippen LogP contribution in [-0.4, -0.2) is 17.5 Å². The average Bonchev–Trinajstić information content (AvgIpc) is 3.47. The summed E-state index contributed by atoms with van der Waals surface area (Å²) in [4.78, 5) is 18.2. The zero-order valence-corrected chi connectivity index (χ0v) is 16.7. The highest BCUT2D eigenvalue weighted by Crippen LogP contribution is 2.34. The predicted molar refractivity (Wildman–Crippen MR) is 114 cm³/mol. The number of hydrogen-bond donors (Lipinski definition) is 1. The van der Waals surface area contributed by atoms with Gasteiger partial charge in [0, 0.05) is 12.1 Å². The third-order valence-electron chi connectivity index (χ3n) is 4.27. The third-order valence-corrected chi connectivity index (χ3v) is 5.34. The summed E-state index contributed by atoms with van der Waals surface area (Å²) in [6, 6.07) is 22.4. The number of furan rings is 1. The van der Waals surface area contributed by atoms with Crippen molar-refractivity contribution in [3.8, 4) is 33.8 Å². The van der Waals surface area contributed by atoms with Gasteiger partial charge in [-0.1, -0.05) is 42.5 Å². The standard InChI is InChI=1S/C23H17N3O3S/c24-11-13-28-18-9-4-6-16(14-18)15-25-22(27)21-20(17-7-2-1-3-8-17)26-23(30-21)19-10-5-12-29-19/h1-10,12,14H,13,15H2,(H,25,27). The molecule has 2 heterocycles. The van der Waals surface area contributed by atoms with Gasteiger partial charge >= 0.3 is 0 Å². The SMILES string of the molecule is N#CCOc1cccc(CNC(=O)c2sc(-c3ccco3)nc2-c2ccccc2)c1. The van der Waals surface area contributed by atoms with E-state index in [0.29, 0.717) is 33.6 Å². The molecule has 0 saturated carbocycles. The summed E-state index contributed by atoms with van der Waals surface area (Å²) in [7, 11) is 0. The van der Waals surface area contributed by atoms with Crippen LogP contribution in [0.2, 0.25) is 0 Å². The summed E-state index contributed by atoms with van der Waals surface area (Å²) < 4.78 is 10.8. The van der Waals surface area contributed by atoms with Crippen LogP contribution in [-0.2, 0) is 6.54 Å². The minimum absolute atomic E-state index is 0.0212. The van der Waals surface area contributed by atoms with Gasteiger partial charge in [0.15, 0.2) is 17.4 Å². The van der Waals surface area contributed by atoms with E-state index in [2.05, 4.69) is 10.3 Å². The minimum Gasteiger partial charge on any atom is -0.479 e. The van der Waals surface area contributed by atoms with Crippen LogP contribution in [0.3, 0.4) is 0 Å². The zero-order chi connectivity index (χ0) is 20.8. The maximum absolute atomic E-state index is 13.0. The Bertz CT molecular complexity index is 1180. The van der Waals surface area contributed by atoms with Crippen molar-refractivity contribution in [2.75, 3.05) is 6.61 Å². The maximum Gasteiger partial charge on any atom is 0.263 e. The van der Waals surface area contributed by atoms with Crippen molar-refractivity contribution in [1.82, 2.24) is 10.3 Å². The lowest BCUT2D eigenvalue weighted by Gasteiger charge is -2.07. The first-order chi connectivity index (χ1) is 14.7. The highest BCUT2D eigenvalue weighted by atomic mass is 32.1. The molecule has 1 amide bonds. The molecular weight excluding hydrogens is 398 g/mol. The van der Waals surface area contributed by atoms with E-state index in [1.165, 1.54) is 11.3 Å². The van der Waals surface area contributed by atoms with Crippen LogP contribution in [0, 0.1) is 11.3 Å². The number of ether oxygens (including phenoxy) is 1. The Hall–Kier alpha value is -3.89. The number of hydrogen-bond acceptors (Lipinski definition) is 6. The molecule has 7 heteroatoms. The largest absolute Gasteiger partial charge is 0.479 e. The second-order valence-corrected chi connectivity index (χ2v) is 7.32. The lowest BCUT2D eigenvalue weighted by atomic mass is 10.1. The normalized spacial score (nSPS) is 10.4. The fraction of sp³-hybridized carbons (Fsp3) is 0.0870. The second-order valence-electron chi connectivity index (χ2n) is 6.32. The monoisotopic (exact) mass is 415 g/mol. The van der Waals surface area contributed by atoms with Crippen molar-refractivity contribution >= 4 is 17.2 Å². The van der Waals surface area contributed by atoms with Crippen molar-refractivity contribution in [3.63, 3.8) is 0 Å². The first kappa shape index (κ1) is 19.4. The van der Waals surface area contributed by atoms with E-state index in [0.717, 1.165) is 11.1 Å². The summed E-state index contributed by atoms with van der Waals surface area (Å²) >= 11 is 1.29. The van der Waals surface area contributed by atoms with Gasteiger partial charge in [0.2, 0.25) is 0 Å². The number of nitrogens with one attached hydrogen (secondary N) is 1. The number of thiazole rings is 1. The molecular formula is C23H17N3O3S. The van der Waals surface area contributed by atoms with Gasteiger partial charge in [0.1, 0.15) is 16.7 Å². The lowest BCUT2D eigenvalue weighted by molar-refractivity contribution is 0.0955. The molecule has 2 aromatic heterocycles. The number of aromatic nitrogens is 1. The number of benzene rings is 2. The average molecular weight is 415 g/mol. The van der Waals surface area contributed by atoms with Crippen LogP contribution in [0.25, 0.3) is 22.0 Å². The summed E-state index contributed by atoms with van der Waals surface area (Å²) in [6.07, 6.45) is 1.58. The summed E-state index contributed by atoms with van der Waals surface area (Å²) in [5.74, 6) is 0.997. The fourth-order valence-corrected chi connectivity index (χ4v) is 3.87. The third kappa shape index (κ3) is 4.40. The van der Waals surface area contributed by atoms with Crippen LogP contribution in [0.1, 0.15) is 15.2 Å². The van der Waals surface area contributed by atoms with E-state index in [9.17, 15) is 4.79 Å². The van der Waals surface area contributed by atoms with Gasteiger partial charge in [-0.3, -0.25) is 4.79 Å². The molecule has 0 radical (unpaired) electrons. The second kappa shape index (κ2) is 9.07. The number of amides is 1. The zero-order valence-electron chi connectivity index (χ0n) is 15.9. The van der Waals surface area contributed by atoms with E-state index >= 15 is 0 Å². The summed E-state index contributed by atoms with van der Waals surface area (Å²) in [6.45, 7) is 0.303. The van der Waals surface area contributed by atoms with Gasteiger partial charge in [0.25, 0.3) is 5.91 Å². The molecule has 0 spiro atoms. The van der Waals surface area contributed by atoms with Crippen molar-refractivity contribution in [2.45, 2.75) is 6.54 Å². The molecule has 0 bridgehead atoms. The molecule has 0 aliphatic heterocycles. The molecule has 0 atom stereocenters. The Morgan fingerprint density at radius 3 is 2.77 bits per heavy atom. The van der Waals surface area contributed by atoms with Gasteiger partial charge in [-0.25, -0.2) is 4.98 Å². The first-order valence-corrected chi connectivity index (χ1v) is 10.0. The first-order valence-electron chi connectivity index (χ1n) is 9.21. The lowest BCUT2D eigenvalue weighted by Crippen LogP contribution is -2.22. The molecule has 6 nitrogen and oxygen atoms in total. The topological polar surface area (TPSA) is 88.1 Å². The van der Waals surface area contributed by atoms with Crippen LogP contribution in [0.15, 0.2) is 77.4 Å². The van der Waals surface area contributed by atoms with E-state index in [1.807, 2.05) is 54.6 Å². The molecule has 0 aliphatic rings. The quantitative estimate of drug-likeness (QED) is 0.464. The van der Waals surface area contributed by atoms with Crippen LogP contribution >= 0.6 is 11.3 Å². The maximum atomic E-state index is 13.0. The molecule has 0 unspecified atom stereocenters. The Balaban J connectivity index is 1.57. The van der Waals surface area contributed by atoms with Crippen molar-refractivity contribution < 1.29 is 13.9 Å². The molecule has 1 N–H and O–H groups in total. The predicted octanol–water partition coefficient (Wildman–Crippen LogP) is 4.90. The van der Waals surface area contributed by atoms with Crippen molar-refractivity contribution in [2.24, 2.45) is 0 Å². The molecule has 4 aromatic rings. The highest BCUT2D eigenvalue weighted by Gasteiger charge is 2.21. The smallest absolute Gasteiger partial charge is 0.263 e. The number of carbonyl (C=O) groups excluding carboxylic acids is 1. The minimum atomic E-state index is -0.215. The number of nitriles is 1. The molecule has 0 aliphatic carbocycles. The Morgan fingerprint density at radius 2 is 2.00 bits per heavy atom. The van der Waals surface area contributed by atoms with Gasteiger partial charge in [0.05, 0.1) is 12.0 Å². The Labute approximate surface area is 177 Å². The summed E-state index contributed by atoms with van der Waals surface area (Å²) in [5.41, 5.74) is 2.36. The molecule has 0 fully saturated rings. The fourth-order valence-electron chi connectivity index (χ4n) is 2.89. The van der Waals surface area contributed by atoms with Gasteiger partial charge in [-0.2, -0.15) is 5.26 Å².